The van der Waals surface area contributed by atoms with Crippen molar-refractivity contribution in [3.8, 4) is 17.0 Å². The third-order valence-electron chi connectivity index (χ3n) is 5.34. The van der Waals surface area contributed by atoms with Crippen molar-refractivity contribution in [3.63, 3.8) is 0 Å². The maximum absolute atomic E-state index is 13.3. The maximum atomic E-state index is 13.3. The summed E-state index contributed by atoms with van der Waals surface area (Å²) >= 11 is 6.12. The minimum atomic E-state index is -0.601. The van der Waals surface area contributed by atoms with Gasteiger partial charge in [-0.1, -0.05) is 11.6 Å². The quantitative estimate of drug-likeness (QED) is 0.440. The number of imidazole rings is 1. The lowest BCUT2D eigenvalue weighted by Crippen LogP contribution is -2.26. The molecule has 4 rings (SSSR count). The van der Waals surface area contributed by atoms with E-state index in [9.17, 15) is 9.59 Å². The first-order valence-corrected chi connectivity index (χ1v) is 10.6. The molecule has 1 N–H and O–H groups in total. The van der Waals surface area contributed by atoms with Crippen LogP contribution in [0.5, 0.6) is 5.75 Å². The fraction of sp³-hybridized carbons (Fsp3) is 0.167. The fourth-order valence-corrected chi connectivity index (χ4v) is 3.73. The van der Waals surface area contributed by atoms with E-state index < -0.39 is 6.09 Å². The Kier molecular flexibility index (Phi) is 6.38. The van der Waals surface area contributed by atoms with Crippen LogP contribution in [0, 0.1) is 6.92 Å². The monoisotopic (exact) mass is 479 g/mol. The van der Waals surface area contributed by atoms with Crippen molar-refractivity contribution in [2.45, 2.75) is 6.92 Å². The van der Waals surface area contributed by atoms with Crippen LogP contribution in [-0.2, 0) is 4.74 Å². The zero-order valence-electron chi connectivity index (χ0n) is 19.0. The van der Waals surface area contributed by atoms with Crippen molar-refractivity contribution < 1.29 is 19.1 Å². The summed E-state index contributed by atoms with van der Waals surface area (Å²) in [4.78, 5) is 35.0. The van der Waals surface area contributed by atoms with Gasteiger partial charge in [0, 0.05) is 36.8 Å². The molecule has 1 aromatic carbocycles. The number of nitrogens with zero attached hydrogens (tertiary/aromatic N) is 4. The molecule has 0 bridgehead atoms. The molecule has 0 radical (unpaired) electrons. The van der Waals surface area contributed by atoms with E-state index in [4.69, 9.17) is 16.3 Å². The van der Waals surface area contributed by atoms with Gasteiger partial charge >= 0.3 is 6.09 Å². The first kappa shape index (κ1) is 23.1. The van der Waals surface area contributed by atoms with E-state index in [1.165, 1.54) is 19.1 Å². The van der Waals surface area contributed by atoms with Crippen LogP contribution in [0.2, 0.25) is 5.02 Å². The number of hydrogen-bond acceptors (Lipinski definition) is 6. The van der Waals surface area contributed by atoms with Crippen LogP contribution in [0.25, 0.3) is 16.9 Å². The first-order chi connectivity index (χ1) is 16.3. The summed E-state index contributed by atoms with van der Waals surface area (Å²) in [6.45, 7) is 1.90. The second-order valence-electron chi connectivity index (χ2n) is 7.48. The van der Waals surface area contributed by atoms with Gasteiger partial charge in [-0.15, -0.1) is 0 Å². The zero-order chi connectivity index (χ0) is 24.4. The van der Waals surface area contributed by atoms with Gasteiger partial charge in [0.2, 0.25) is 0 Å². The Morgan fingerprint density at radius 3 is 2.56 bits per heavy atom. The Morgan fingerprint density at radius 2 is 1.88 bits per heavy atom. The summed E-state index contributed by atoms with van der Waals surface area (Å²) in [5.41, 5.74) is 4.21. The Balaban J connectivity index is 1.69. The second-order valence-corrected chi connectivity index (χ2v) is 7.89. The topological polar surface area (TPSA) is 98.1 Å². The average molecular weight is 480 g/mol. The van der Waals surface area contributed by atoms with Crippen molar-refractivity contribution in [1.29, 1.82) is 0 Å². The van der Waals surface area contributed by atoms with Crippen molar-refractivity contribution in [3.05, 3.63) is 71.1 Å². The summed E-state index contributed by atoms with van der Waals surface area (Å²) < 4.78 is 11.7. The van der Waals surface area contributed by atoms with Gasteiger partial charge in [-0.05, 0) is 42.8 Å². The number of amides is 2. The van der Waals surface area contributed by atoms with E-state index in [-0.39, 0.29) is 5.91 Å². The van der Waals surface area contributed by atoms with Crippen LogP contribution in [0.3, 0.4) is 0 Å². The first-order valence-electron chi connectivity index (χ1n) is 10.2. The zero-order valence-corrected chi connectivity index (χ0v) is 19.8. The van der Waals surface area contributed by atoms with Gasteiger partial charge in [0.15, 0.2) is 0 Å². The number of hydrogen-bond donors (Lipinski definition) is 1. The molecule has 0 aliphatic carbocycles. The predicted molar refractivity (Wildman–Crippen MR) is 130 cm³/mol. The number of aryl methyl sites for hydroxylation is 1. The molecule has 0 aliphatic rings. The number of benzene rings is 1. The molecule has 3 aromatic heterocycles. The van der Waals surface area contributed by atoms with Crippen LogP contribution in [0.15, 0.2) is 55.0 Å². The lowest BCUT2D eigenvalue weighted by atomic mass is 10.1. The number of anilines is 2. The largest absolute Gasteiger partial charge is 0.495 e. The molecule has 2 amide bonds. The van der Waals surface area contributed by atoms with Gasteiger partial charge in [0.1, 0.15) is 17.2 Å². The third kappa shape index (κ3) is 4.38. The van der Waals surface area contributed by atoms with E-state index in [1.807, 2.05) is 11.3 Å². The number of carbonyl (C=O) groups is 2. The van der Waals surface area contributed by atoms with Gasteiger partial charge in [0.05, 0.1) is 36.7 Å². The molecule has 3 heterocycles. The number of nitrogens with one attached hydrogen (secondary N) is 1. The van der Waals surface area contributed by atoms with Gasteiger partial charge in [-0.25, -0.2) is 14.8 Å². The molecule has 0 unspecified atom stereocenters. The van der Waals surface area contributed by atoms with Crippen LogP contribution in [0.1, 0.15) is 15.9 Å². The van der Waals surface area contributed by atoms with E-state index in [2.05, 4.69) is 20.0 Å². The summed E-state index contributed by atoms with van der Waals surface area (Å²) in [7, 11) is 4.50. The van der Waals surface area contributed by atoms with Gasteiger partial charge in [-0.2, -0.15) is 0 Å². The molecule has 10 heteroatoms. The Morgan fingerprint density at radius 1 is 1.09 bits per heavy atom. The van der Waals surface area contributed by atoms with Gasteiger partial charge in [-0.3, -0.25) is 14.5 Å². The lowest BCUT2D eigenvalue weighted by Gasteiger charge is -2.19. The maximum Gasteiger partial charge on any atom is 0.412 e. The van der Waals surface area contributed by atoms with Gasteiger partial charge < -0.3 is 14.4 Å². The predicted octanol–water partition coefficient (Wildman–Crippen LogP) is 4.82. The van der Waals surface area contributed by atoms with Crippen molar-refractivity contribution in [2.24, 2.45) is 0 Å². The molecule has 0 spiro atoms. The summed E-state index contributed by atoms with van der Waals surface area (Å²) in [6, 6.07) is 10.4. The van der Waals surface area contributed by atoms with E-state index in [1.54, 1.807) is 62.0 Å². The molecule has 0 saturated carbocycles. The van der Waals surface area contributed by atoms with E-state index in [0.29, 0.717) is 27.8 Å². The number of pyridine rings is 2. The minimum absolute atomic E-state index is 0.204. The Hall–Kier alpha value is -4.11. The molecule has 9 nitrogen and oxygen atoms in total. The number of halogens is 1. The fourth-order valence-electron chi connectivity index (χ4n) is 3.53. The molecule has 0 saturated heterocycles. The number of methoxy groups -OCH3 is 2. The van der Waals surface area contributed by atoms with Crippen molar-refractivity contribution >= 4 is 40.8 Å². The molecule has 0 fully saturated rings. The highest BCUT2D eigenvalue weighted by molar-refractivity contribution is 6.32. The number of fused-ring (bicyclic) bond motifs is 1. The Labute approximate surface area is 200 Å². The molecule has 0 atom stereocenters. The summed E-state index contributed by atoms with van der Waals surface area (Å²) in [6.07, 6.45) is 4.48. The number of carbonyl (C=O) groups excluding carboxylic acids is 2. The highest BCUT2D eigenvalue weighted by Gasteiger charge is 2.18. The summed E-state index contributed by atoms with van der Waals surface area (Å²) in [5.74, 6) is 0.640. The highest BCUT2D eigenvalue weighted by Crippen LogP contribution is 2.30. The molecule has 34 heavy (non-hydrogen) atoms. The highest BCUT2D eigenvalue weighted by atomic mass is 35.5. The normalized spacial score (nSPS) is 10.7. The molecule has 174 valence electrons. The lowest BCUT2D eigenvalue weighted by molar-refractivity contribution is 0.0992. The van der Waals surface area contributed by atoms with Crippen LogP contribution >= 0.6 is 11.6 Å². The Bertz CT molecular complexity index is 1380. The second kappa shape index (κ2) is 9.40. The minimum Gasteiger partial charge on any atom is -0.495 e. The molecule has 0 aliphatic heterocycles. The smallest absolute Gasteiger partial charge is 0.412 e. The summed E-state index contributed by atoms with van der Waals surface area (Å²) in [5, 5.41) is 2.98. The number of aromatic nitrogens is 3. The number of rotatable bonds is 5. The van der Waals surface area contributed by atoms with Crippen LogP contribution in [-0.4, -0.2) is 47.6 Å². The van der Waals surface area contributed by atoms with Gasteiger partial charge in [0.25, 0.3) is 5.91 Å². The molecular formula is C24H22ClN5O4. The van der Waals surface area contributed by atoms with Crippen LogP contribution < -0.4 is 15.0 Å². The van der Waals surface area contributed by atoms with E-state index >= 15 is 0 Å². The average Bonchev–Trinajstić information content (AvgIpc) is 3.28. The van der Waals surface area contributed by atoms with E-state index in [0.717, 1.165) is 22.5 Å². The van der Waals surface area contributed by atoms with Crippen molar-refractivity contribution in [2.75, 3.05) is 31.5 Å². The SMILES string of the molecule is COC(=O)Nc1ccc(-c2cnc3c(C)cc(C(=O)N(C)c4ccc(Cl)c(OC)c4)cn23)cn1. The van der Waals surface area contributed by atoms with Crippen LogP contribution in [0.4, 0.5) is 16.3 Å². The molecular weight excluding hydrogens is 458 g/mol. The third-order valence-corrected chi connectivity index (χ3v) is 5.65. The number of ether oxygens (including phenoxy) is 2. The molecule has 4 aromatic rings. The van der Waals surface area contributed by atoms with Crippen molar-refractivity contribution in [1.82, 2.24) is 14.4 Å². The standard InChI is InChI=1S/C24H22ClN5O4/c1-14-9-16(23(31)29(2)17-6-7-18(25)20(10-17)33-3)13-30-19(12-27-22(14)30)15-5-8-21(26-11-15)28-24(32)34-4/h5-13H,1-4H3,(H,26,28,32).